The highest BCUT2D eigenvalue weighted by Crippen LogP contribution is 2.25. The van der Waals surface area contributed by atoms with Gasteiger partial charge in [0.05, 0.1) is 0 Å². The number of carboxylic acid groups (broad SMARTS) is 1. The van der Waals surface area contributed by atoms with Crippen molar-refractivity contribution in [2.75, 3.05) is 12.3 Å². The van der Waals surface area contributed by atoms with Crippen molar-refractivity contribution < 1.29 is 14.7 Å². The quantitative estimate of drug-likeness (QED) is 0.681. The summed E-state index contributed by atoms with van der Waals surface area (Å²) in [5.41, 5.74) is 0. The van der Waals surface area contributed by atoms with E-state index in [2.05, 4.69) is 5.32 Å². The minimum Gasteiger partial charge on any atom is -0.481 e. The van der Waals surface area contributed by atoms with Crippen LogP contribution in [-0.4, -0.2) is 34.5 Å². The molecule has 0 aromatic rings. The van der Waals surface area contributed by atoms with Gasteiger partial charge in [0, 0.05) is 11.8 Å². The summed E-state index contributed by atoms with van der Waals surface area (Å²) in [6.07, 6.45) is 2.31. The number of rotatable bonds is 4. The summed E-state index contributed by atoms with van der Waals surface area (Å²) in [5, 5.41) is 11.7. The normalized spacial score (nSPS) is 23.1. The van der Waals surface area contributed by atoms with Crippen LogP contribution in [-0.2, 0) is 9.59 Å². The van der Waals surface area contributed by atoms with Crippen LogP contribution < -0.4 is 5.32 Å². The molecule has 0 aromatic carbocycles. The Kier molecular flexibility index (Phi) is 4.25. The van der Waals surface area contributed by atoms with Gasteiger partial charge < -0.3 is 10.4 Å². The van der Waals surface area contributed by atoms with Gasteiger partial charge >= 0.3 is 5.97 Å². The minimum absolute atomic E-state index is 0.384. The highest BCUT2D eigenvalue weighted by Gasteiger charge is 2.22. The van der Waals surface area contributed by atoms with E-state index in [9.17, 15) is 9.59 Å². The van der Waals surface area contributed by atoms with E-state index in [1.807, 2.05) is 11.8 Å². The van der Waals surface area contributed by atoms with E-state index in [1.165, 1.54) is 13.3 Å². The first kappa shape index (κ1) is 11.4. The zero-order valence-corrected chi connectivity index (χ0v) is 8.97. The van der Waals surface area contributed by atoms with Crippen LogP contribution in [0, 0.1) is 5.92 Å². The Morgan fingerprint density at radius 3 is 2.86 bits per heavy atom. The molecular formula is C9H15NO3S. The highest BCUT2D eigenvalue weighted by molar-refractivity contribution is 8.00. The van der Waals surface area contributed by atoms with Crippen LogP contribution in [0.1, 0.15) is 19.8 Å². The lowest BCUT2D eigenvalue weighted by Crippen LogP contribution is -2.36. The second-order valence-electron chi connectivity index (χ2n) is 3.44. The smallest absolute Gasteiger partial charge is 0.315 e. The number of carbonyl (C=O) groups is 2. The number of thioether (sulfide) groups is 1. The third-order valence-electron chi connectivity index (χ3n) is 2.29. The summed E-state index contributed by atoms with van der Waals surface area (Å²) in [6.45, 7) is 2.00. The van der Waals surface area contributed by atoms with Crippen molar-refractivity contribution >= 4 is 23.6 Å². The summed E-state index contributed by atoms with van der Waals surface area (Å²) in [4.78, 5) is 21.7. The van der Waals surface area contributed by atoms with Crippen molar-refractivity contribution in [3.63, 3.8) is 0 Å². The summed E-state index contributed by atoms with van der Waals surface area (Å²) in [6, 6.07) is 0. The predicted octanol–water partition coefficient (Wildman–Crippen LogP) is 0.719. The molecule has 1 fully saturated rings. The Morgan fingerprint density at radius 2 is 2.36 bits per heavy atom. The van der Waals surface area contributed by atoms with Crippen LogP contribution in [0.2, 0.25) is 0 Å². The second kappa shape index (κ2) is 5.24. The standard InChI is InChI=1S/C9H15NO3S/c1-6(9(12)13)8(11)10-5-7-3-2-4-14-7/h6-7H,2-5H2,1H3,(H,10,11)(H,12,13). The molecule has 0 aromatic heterocycles. The lowest BCUT2D eigenvalue weighted by molar-refractivity contribution is -0.146. The van der Waals surface area contributed by atoms with E-state index in [1.54, 1.807) is 0 Å². The van der Waals surface area contributed by atoms with Crippen molar-refractivity contribution in [1.82, 2.24) is 5.32 Å². The Morgan fingerprint density at radius 1 is 1.64 bits per heavy atom. The van der Waals surface area contributed by atoms with Gasteiger partial charge in [-0.2, -0.15) is 11.8 Å². The summed E-state index contributed by atoms with van der Waals surface area (Å²) < 4.78 is 0. The highest BCUT2D eigenvalue weighted by atomic mass is 32.2. The van der Waals surface area contributed by atoms with Crippen molar-refractivity contribution in [1.29, 1.82) is 0 Å². The van der Waals surface area contributed by atoms with Gasteiger partial charge in [0.1, 0.15) is 5.92 Å². The van der Waals surface area contributed by atoms with Crippen LogP contribution in [0.3, 0.4) is 0 Å². The predicted molar refractivity (Wildman–Crippen MR) is 55.3 cm³/mol. The zero-order valence-electron chi connectivity index (χ0n) is 8.16. The number of hydrogen-bond donors (Lipinski definition) is 2. The average Bonchev–Trinajstić information content (AvgIpc) is 2.65. The first-order valence-corrected chi connectivity index (χ1v) is 5.78. The minimum atomic E-state index is -1.07. The molecule has 5 heteroatoms. The van der Waals surface area contributed by atoms with E-state index in [-0.39, 0.29) is 5.91 Å². The molecule has 1 aliphatic rings. The molecule has 2 N–H and O–H groups in total. The largest absolute Gasteiger partial charge is 0.481 e. The molecule has 0 radical (unpaired) electrons. The van der Waals surface area contributed by atoms with Gasteiger partial charge in [0.15, 0.2) is 0 Å². The Balaban J connectivity index is 2.23. The van der Waals surface area contributed by atoms with Gasteiger partial charge in [-0.05, 0) is 25.5 Å². The molecule has 0 spiro atoms. The van der Waals surface area contributed by atoms with Gasteiger partial charge in [-0.3, -0.25) is 9.59 Å². The SMILES string of the molecule is CC(C(=O)O)C(=O)NCC1CCCS1. The van der Waals surface area contributed by atoms with Crippen molar-refractivity contribution in [3.05, 3.63) is 0 Å². The van der Waals surface area contributed by atoms with Crippen LogP contribution in [0.5, 0.6) is 0 Å². The van der Waals surface area contributed by atoms with E-state index < -0.39 is 11.9 Å². The maximum atomic E-state index is 11.2. The molecular weight excluding hydrogens is 202 g/mol. The molecule has 2 unspecified atom stereocenters. The Hall–Kier alpha value is -0.710. The molecule has 1 heterocycles. The second-order valence-corrected chi connectivity index (χ2v) is 4.85. The molecule has 1 amide bonds. The molecule has 1 rings (SSSR count). The van der Waals surface area contributed by atoms with Crippen LogP contribution >= 0.6 is 11.8 Å². The molecule has 1 aliphatic heterocycles. The van der Waals surface area contributed by atoms with Crippen LogP contribution in [0.15, 0.2) is 0 Å². The molecule has 1 saturated heterocycles. The van der Waals surface area contributed by atoms with Gasteiger partial charge in [-0.15, -0.1) is 0 Å². The Labute approximate surface area is 87.4 Å². The van der Waals surface area contributed by atoms with Crippen molar-refractivity contribution in [2.45, 2.75) is 25.0 Å². The van der Waals surface area contributed by atoms with E-state index in [4.69, 9.17) is 5.11 Å². The number of aliphatic carboxylic acids is 1. The monoisotopic (exact) mass is 217 g/mol. The third kappa shape index (κ3) is 3.21. The van der Waals surface area contributed by atoms with E-state index in [0.29, 0.717) is 11.8 Å². The topological polar surface area (TPSA) is 66.4 Å². The van der Waals surface area contributed by atoms with Crippen LogP contribution in [0.4, 0.5) is 0 Å². The fourth-order valence-corrected chi connectivity index (χ4v) is 2.49. The van der Waals surface area contributed by atoms with E-state index in [0.717, 1.165) is 12.2 Å². The maximum absolute atomic E-state index is 11.2. The number of carboxylic acids is 1. The molecule has 80 valence electrons. The average molecular weight is 217 g/mol. The fourth-order valence-electron chi connectivity index (χ4n) is 1.28. The number of nitrogens with one attached hydrogen (secondary N) is 1. The Bertz CT molecular complexity index is 226. The van der Waals surface area contributed by atoms with Gasteiger partial charge in [-0.1, -0.05) is 0 Å². The first-order chi connectivity index (χ1) is 6.61. The molecule has 0 saturated carbocycles. The summed E-state index contributed by atoms with van der Waals surface area (Å²) in [5.74, 6) is -1.25. The van der Waals surface area contributed by atoms with Gasteiger partial charge in [0.25, 0.3) is 0 Å². The lowest BCUT2D eigenvalue weighted by atomic mass is 10.1. The van der Waals surface area contributed by atoms with Crippen molar-refractivity contribution in [3.8, 4) is 0 Å². The van der Waals surface area contributed by atoms with Gasteiger partial charge in [0.2, 0.25) is 5.91 Å². The summed E-state index contributed by atoms with van der Waals surface area (Å²) in [7, 11) is 0. The first-order valence-electron chi connectivity index (χ1n) is 4.73. The maximum Gasteiger partial charge on any atom is 0.315 e. The number of hydrogen-bond acceptors (Lipinski definition) is 3. The number of amides is 1. The lowest BCUT2D eigenvalue weighted by Gasteiger charge is -2.11. The van der Waals surface area contributed by atoms with E-state index >= 15 is 0 Å². The van der Waals surface area contributed by atoms with Crippen LogP contribution in [0.25, 0.3) is 0 Å². The molecule has 4 nitrogen and oxygen atoms in total. The molecule has 0 aliphatic carbocycles. The molecule has 2 atom stereocenters. The third-order valence-corrected chi connectivity index (χ3v) is 3.69. The summed E-state index contributed by atoms with van der Waals surface area (Å²) >= 11 is 1.84. The molecule has 0 bridgehead atoms. The van der Waals surface area contributed by atoms with Crippen molar-refractivity contribution in [2.24, 2.45) is 5.92 Å². The number of carbonyl (C=O) groups excluding carboxylic acids is 1. The van der Waals surface area contributed by atoms with Gasteiger partial charge in [-0.25, -0.2) is 0 Å². The molecule has 14 heavy (non-hydrogen) atoms. The zero-order chi connectivity index (χ0) is 10.6. The fraction of sp³-hybridized carbons (Fsp3) is 0.778.